The van der Waals surface area contributed by atoms with Gasteiger partial charge >= 0.3 is 0 Å². The fraction of sp³-hybridized carbons (Fsp3) is 0.526. The number of fused-ring (bicyclic) bond motifs is 1. The molecule has 2 N–H and O–H groups in total. The number of hydrogen-bond donors (Lipinski definition) is 2. The van der Waals surface area contributed by atoms with Crippen LogP contribution in [-0.4, -0.2) is 39.9 Å². The first-order valence-corrected chi connectivity index (χ1v) is 9.72. The molecule has 0 amide bonds. The second-order valence-electron chi connectivity index (χ2n) is 7.08. The van der Waals surface area contributed by atoms with Crippen LogP contribution in [0.4, 0.5) is 0 Å². The molecule has 6 nitrogen and oxygen atoms in total. The minimum atomic E-state index is 0.323. The second kappa shape index (κ2) is 7.27. The molecule has 1 aromatic carbocycles. The Kier molecular flexibility index (Phi) is 4.85. The van der Waals surface area contributed by atoms with Gasteiger partial charge in [-0.05, 0) is 30.5 Å². The number of nitrogens with one attached hydrogen (secondary N) is 2. The normalized spacial score (nSPS) is 24.9. The zero-order valence-electron chi connectivity index (χ0n) is 15.2. The Hall–Kier alpha value is -2.08. The van der Waals surface area contributed by atoms with E-state index in [-0.39, 0.29) is 0 Å². The molecular formula is C19H25ClN6. The smallest absolute Gasteiger partial charge is 0.191 e. The standard InChI is InChI=1S/C19H25ClN6/c1-3-17-24-18-8-7-14(11-26(18)25-17)22-19(21-2)23-16-10-15(16)12-5-4-6-13(20)9-12/h4-6,9,14-16H,3,7-8,10-11H2,1-2H3,(H2,21,22,23). The lowest BCUT2D eigenvalue weighted by Crippen LogP contribution is -2.47. The maximum atomic E-state index is 6.11. The van der Waals surface area contributed by atoms with E-state index >= 15 is 0 Å². The van der Waals surface area contributed by atoms with E-state index in [1.54, 1.807) is 0 Å². The van der Waals surface area contributed by atoms with Crippen molar-refractivity contribution in [3.63, 3.8) is 0 Å². The lowest BCUT2D eigenvalue weighted by atomic mass is 10.1. The van der Waals surface area contributed by atoms with Crippen LogP contribution in [0.5, 0.6) is 0 Å². The summed E-state index contributed by atoms with van der Waals surface area (Å²) in [6, 6.07) is 8.88. The van der Waals surface area contributed by atoms with Crippen molar-refractivity contribution < 1.29 is 0 Å². The maximum absolute atomic E-state index is 6.11. The van der Waals surface area contributed by atoms with Gasteiger partial charge in [0, 0.05) is 42.9 Å². The molecule has 26 heavy (non-hydrogen) atoms. The van der Waals surface area contributed by atoms with E-state index in [0.717, 1.165) is 54.9 Å². The van der Waals surface area contributed by atoms with Crippen LogP contribution in [0, 0.1) is 0 Å². The molecule has 1 aromatic heterocycles. The van der Waals surface area contributed by atoms with Gasteiger partial charge in [-0.15, -0.1) is 0 Å². The SMILES string of the molecule is CCc1nc2n(n1)CC(NC(=NC)NC1CC1c1cccc(Cl)c1)CC2. The third kappa shape index (κ3) is 3.70. The quantitative estimate of drug-likeness (QED) is 0.639. The van der Waals surface area contributed by atoms with E-state index in [9.17, 15) is 0 Å². The highest BCUT2D eigenvalue weighted by atomic mass is 35.5. The highest BCUT2D eigenvalue weighted by molar-refractivity contribution is 6.30. The molecule has 0 radical (unpaired) electrons. The van der Waals surface area contributed by atoms with Crippen molar-refractivity contribution in [2.45, 2.75) is 57.2 Å². The average molecular weight is 373 g/mol. The van der Waals surface area contributed by atoms with Crippen molar-refractivity contribution in [1.29, 1.82) is 0 Å². The Morgan fingerprint density at radius 3 is 3.04 bits per heavy atom. The molecule has 1 aliphatic carbocycles. The van der Waals surface area contributed by atoms with E-state index in [4.69, 9.17) is 11.6 Å². The molecule has 7 heteroatoms. The molecule has 0 spiro atoms. The molecule has 1 fully saturated rings. The van der Waals surface area contributed by atoms with Gasteiger partial charge in [-0.2, -0.15) is 5.10 Å². The lowest BCUT2D eigenvalue weighted by Gasteiger charge is -2.25. The second-order valence-corrected chi connectivity index (χ2v) is 7.52. The number of guanidine groups is 1. The van der Waals surface area contributed by atoms with Crippen molar-refractivity contribution >= 4 is 17.6 Å². The van der Waals surface area contributed by atoms with Gasteiger partial charge in [0.15, 0.2) is 11.8 Å². The molecule has 2 aliphatic rings. The van der Waals surface area contributed by atoms with Crippen LogP contribution in [0.3, 0.4) is 0 Å². The Labute approximate surface area is 159 Å². The summed E-state index contributed by atoms with van der Waals surface area (Å²) in [6.07, 6.45) is 3.99. The summed E-state index contributed by atoms with van der Waals surface area (Å²) in [5, 5.41) is 12.5. The highest BCUT2D eigenvalue weighted by Crippen LogP contribution is 2.41. The minimum Gasteiger partial charge on any atom is -0.353 e. The number of nitrogens with zero attached hydrogens (tertiary/aromatic N) is 4. The Morgan fingerprint density at radius 2 is 2.27 bits per heavy atom. The van der Waals surface area contributed by atoms with E-state index < -0.39 is 0 Å². The van der Waals surface area contributed by atoms with Crippen LogP contribution in [0.1, 0.15) is 42.9 Å². The van der Waals surface area contributed by atoms with Gasteiger partial charge in [-0.25, -0.2) is 9.67 Å². The molecule has 2 aromatic rings. The molecule has 1 saturated carbocycles. The van der Waals surface area contributed by atoms with Crippen LogP contribution in [0.15, 0.2) is 29.3 Å². The van der Waals surface area contributed by atoms with Crippen LogP contribution >= 0.6 is 11.6 Å². The number of halogens is 1. The van der Waals surface area contributed by atoms with Gasteiger partial charge in [0.25, 0.3) is 0 Å². The number of aryl methyl sites for hydroxylation is 2. The first-order chi connectivity index (χ1) is 12.7. The van der Waals surface area contributed by atoms with Crippen molar-refractivity contribution in [2.75, 3.05) is 7.05 Å². The van der Waals surface area contributed by atoms with Gasteiger partial charge in [-0.3, -0.25) is 4.99 Å². The molecule has 4 rings (SSSR count). The van der Waals surface area contributed by atoms with Gasteiger partial charge in [0.2, 0.25) is 0 Å². The first kappa shape index (κ1) is 17.3. The van der Waals surface area contributed by atoms with E-state index in [0.29, 0.717) is 18.0 Å². The van der Waals surface area contributed by atoms with Crippen molar-refractivity contribution in [3.05, 3.63) is 46.5 Å². The number of aromatic nitrogens is 3. The van der Waals surface area contributed by atoms with Crippen LogP contribution in [-0.2, 0) is 19.4 Å². The predicted molar refractivity (Wildman–Crippen MR) is 104 cm³/mol. The molecule has 2 heterocycles. The van der Waals surface area contributed by atoms with Gasteiger partial charge < -0.3 is 10.6 Å². The summed E-state index contributed by atoms with van der Waals surface area (Å²) in [4.78, 5) is 8.99. The van der Waals surface area contributed by atoms with E-state index in [2.05, 4.69) is 44.8 Å². The van der Waals surface area contributed by atoms with Crippen LogP contribution < -0.4 is 10.6 Å². The van der Waals surface area contributed by atoms with Gasteiger partial charge in [0.1, 0.15) is 5.82 Å². The summed E-state index contributed by atoms with van der Waals surface area (Å²) >= 11 is 6.11. The lowest BCUT2D eigenvalue weighted by molar-refractivity contribution is 0.392. The average Bonchev–Trinajstić information content (AvgIpc) is 3.29. The molecule has 3 atom stereocenters. The zero-order chi connectivity index (χ0) is 18.1. The summed E-state index contributed by atoms with van der Waals surface area (Å²) in [6.45, 7) is 2.93. The predicted octanol–water partition coefficient (Wildman–Crippen LogP) is 2.53. The van der Waals surface area contributed by atoms with Gasteiger partial charge in [0.05, 0.1) is 6.54 Å². The fourth-order valence-electron chi connectivity index (χ4n) is 3.63. The zero-order valence-corrected chi connectivity index (χ0v) is 16.0. The Bertz CT molecular complexity index is 814. The summed E-state index contributed by atoms with van der Waals surface area (Å²) in [5.41, 5.74) is 1.29. The first-order valence-electron chi connectivity index (χ1n) is 9.34. The summed E-state index contributed by atoms with van der Waals surface area (Å²) in [7, 11) is 1.82. The molecule has 138 valence electrons. The van der Waals surface area contributed by atoms with Crippen molar-refractivity contribution in [3.8, 4) is 0 Å². The minimum absolute atomic E-state index is 0.323. The monoisotopic (exact) mass is 372 g/mol. The van der Waals surface area contributed by atoms with Crippen molar-refractivity contribution in [1.82, 2.24) is 25.4 Å². The van der Waals surface area contributed by atoms with Crippen molar-refractivity contribution in [2.24, 2.45) is 4.99 Å². The summed E-state index contributed by atoms with van der Waals surface area (Å²) in [5.74, 6) is 3.41. The number of benzene rings is 1. The molecule has 3 unspecified atom stereocenters. The third-order valence-electron chi connectivity index (χ3n) is 5.17. The number of hydrogen-bond acceptors (Lipinski definition) is 3. The molecule has 1 aliphatic heterocycles. The summed E-state index contributed by atoms with van der Waals surface area (Å²) < 4.78 is 2.04. The third-order valence-corrected chi connectivity index (χ3v) is 5.41. The molecule has 0 saturated heterocycles. The van der Waals surface area contributed by atoms with Gasteiger partial charge in [-0.1, -0.05) is 30.7 Å². The Balaban J connectivity index is 1.33. The largest absolute Gasteiger partial charge is 0.353 e. The van der Waals surface area contributed by atoms with E-state index in [1.165, 1.54) is 5.56 Å². The Morgan fingerprint density at radius 1 is 1.38 bits per heavy atom. The number of rotatable bonds is 4. The fourth-order valence-corrected chi connectivity index (χ4v) is 3.83. The van der Waals surface area contributed by atoms with E-state index in [1.807, 2.05) is 23.9 Å². The highest BCUT2D eigenvalue weighted by Gasteiger charge is 2.39. The number of aliphatic imine (C=N–C) groups is 1. The maximum Gasteiger partial charge on any atom is 0.191 e. The molecule has 0 bridgehead atoms. The topological polar surface area (TPSA) is 67.1 Å². The van der Waals surface area contributed by atoms with Crippen LogP contribution in [0.2, 0.25) is 5.02 Å². The molecular weight excluding hydrogens is 348 g/mol. The van der Waals surface area contributed by atoms with Crippen LogP contribution in [0.25, 0.3) is 0 Å².